The summed E-state index contributed by atoms with van der Waals surface area (Å²) in [5.41, 5.74) is 1.29. The van der Waals surface area contributed by atoms with Gasteiger partial charge in [-0.05, 0) is 34.1 Å². The van der Waals surface area contributed by atoms with Gasteiger partial charge in [0.15, 0.2) is 11.5 Å². The van der Waals surface area contributed by atoms with Gasteiger partial charge in [0.1, 0.15) is 0 Å². The molecule has 0 spiro atoms. The van der Waals surface area contributed by atoms with Gasteiger partial charge >= 0.3 is 0 Å². The molecule has 0 aromatic heterocycles. The molecule has 0 saturated carbocycles. The molecule has 1 aliphatic heterocycles. The summed E-state index contributed by atoms with van der Waals surface area (Å²) in [5.74, 6) is 1.14. The first-order valence-corrected chi connectivity index (χ1v) is 7.43. The van der Waals surface area contributed by atoms with Gasteiger partial charge in [-0.25, -0.2) is 0 Å². The third kappa shape index (κ3) is 2.84. The van der Waals surface area contributed by atoms with Crippen LogP contribution >= 0.6 is 27.5 Å². The van der Waals surface area contributed by atoms with Gasteiger partial charge < -0.3 is 14.8 Å². The molecule has 0 radical (unpaired) electrons. The van der Waals surface area contributed by atoms with Gasteiger partial charge in [0.2, 0.25) is 6.79 Å². The summed E-state index contributed by atoms with van der Waals surface area (Å²) in [4.78, 5) is 12.2. The lowest BCUT2D eigenvalue weighted by atomic mass is 10.1. The van der Waals surface area contributed by atoms with E-state index in [-0.39, 0.29) is 12.7 Å². The number of carbonyl (C=O) groups excluding carboxylic acids is 1. The summed E-state index contributed by atoms with van der Waals surface area (Å²) >= 11 is 9.41. The SMILES string of the molecule is O=C(NCc1cccc2c1OCO2)c1cccc(Br)c1Cl. The predicted molar refractivity (Wildman–Crippen MR) is 82.9 cm³/mol. The molecular weight excluding hydrogens is 358 g/mol. The second-order valence-corrected chi connectivity index (χ2v) is 5.67. The number of benzene rings is 2. The fraction of sp³-hybridized carbons (Fsp3) is 0.133. The minimum Gasteiger partial charge on any atom is -0.454 e. The Morgan fingerprint density at radius 2 is 2.05 bits per heavy atom. The highest BCUT2D eigenvalue weighted by molar-refractivity contribution is 9.10. The molecule has 2 aromatic rings. The maximum atomic E-state index is 12.2. The molecule has 1 amide bonds. The number of hydrogen-bond acceptors (Lipinski definition) is 3. The molecule has 1 N–H and O–H groups in total. The average molecular weight is 369 g/mol. The lowest BCUT2D eigenvalue weighted by Gasteiger charge is -2.09. The molecule has 4 nitrogen and oxygen atoms in total. The number of hydrogen-bond donors (Lipinski definition) is 1. The van der Waals surface area contributed by atoms with E-state index in [2.05, 4.69) is 21.2 Å². The van der Waals surface area contributed by atoms with Crippen molar-refractivity contribution in [1.29, 1.82) is 0 Å². The van der Waals surface area contributed by atoms with E-state index in [0.29, 0.717) is 33.1 Å². The predicted octanol–water partition coefficient (Wildman–Crippen LogP) is 3.76. The third-order valence-corrected chi connectivity index (χ3v) is 4.41. The van der Waals surface area contributed by atoms with Crippen molar-refractivity contribution in [3.63, 3.8) is 0 Å². The molecule has 1 heterocycles. The Hall–Kier alpha value is -1.72. The topological polar surface area (TPSA) is 47.6 Å². The zero-order valence-corrected chi connectivity index (χ0v) is 13.2. The lowest BCUT2D eigenvalue weighted by molar-refractivity contribution is 0.0950. The Morgan fingerprint density at radius 3 is 2.90 bits per heavy atom. The number of amides is 1. The number of ether oxygens (including phenoxy) is 2. The Morgan fingerprint density at radius 1 is 1.24 bits per heavy atom. The van der Waals surface area contributed by atoms with E-state index < -0.39 is 0 Å². The summed E-state index contributed by atoms with van der Waals surface area (Å²) in [7, 11) is 0. The monoisotopic (exact) mass is 367 g/mol. The normalized spacial score (nSPS) is 12.3. The zero-order valence-electron chi connectivity index (χ0n) is 10.9. The Balaban J connectivity index is 1.75. The van der Waals surface area contributed by atoms with Crippen LogP contribution in [0.4, 0.5) is 0 Å². The zero-order chi connectivity index (χ0) is 14.8. The quantitative estimate of drug-likeness (QED) is 0.897. The van der Waals surface area contributed by atoms with Gasteiger partial charge in [-0.3, -0.25) is 4.79 Å². The van der Waals surface area contributed by atoms with Crippen LogP contribution in [0.5, 0.6) is 11.5 Å². The molecule has 1 aliphatic rings. The summed E-state index contributed by atoms with van der Waals surface area (Å²) < 4.78 is 11.4. The van der Waals surface area contributed by atoms with Crippen LogP contribution in [0.1, 0.15) is 15.9 Å². The van der Waals surface area contributed by atoms with Crippen molar-refractivity contribution in [3.05, 3.63) is 57.0 Å². The van der Waals surface area contributed by atoms with E-state index in [4.69, 9.17) is 21.1 Å². The first kappa shape index (κ1) is 14.2. The van der Waals surface area contributed by atoms with Crippen molar-refractivity contribution in [2.24, 2.45) is 0 Å². The highest BCUT2D eigenvalue weighted by Crippen LogP contribution is 2.35. The molecule has 3 rings (SSSR count). The lowest BCUT2D eigenvalue weighted by Crippen LogP contribution is -2.23. The Kier molecular flexibility index (Phi) is 4.03. The van der Waals surface area contributed by atoms with Gasteiger partial charge in [-0.1, -0.05) is 29.8 Å². The van der Waals surface area contributed by atoms with Crippen molar-refractivity contribution in [2.45, 2.75) is 6.54 Å². The summed E-state index contributed by atoms with van der Waals surface area (Å²) in [6.45, 7) is 0.548. The van der Waals surface area contributed by atoms with E-state index >= 15 is 0 Å². The van der Waals surface area contributed by atoms with Crippen LogP contribution in [0.3, 0.4) is 0 Å². The van der Waals surface area contributed by atoms with Crippen LogP contribution in [0.15, 0.2) is 40.9 Å². The number of carbonyl (C=O) groups is 1. The molecule has 0 aliphatic carbocycles. The average Bonchev–Trinajstić information content (AvgIpc) is 2.96. The molecule has 6 heteroatoms. The molecule has 0 atom stereocenters. The second-order valence-electron chi connectivity index (χ2n) is 4.43. The molecule has 0 saturated heterocycles. The fourth-order valence-corrected chi connectivity index (χ4v) is 2.66. The number of para-hydroxylation sites is 1. The highest BCUT2D eigenvalue weighted by atomic mass is 79.9. The Labute approximate surface area is 135 Å². The standard InChI is InChI=1S/C15H11BrClNO3/c16-11-5-2-4-10(13(11)17)15(19)18-7-9-3-1-6-12-14(9)21-8-20-12/h1-6H,7-8H2,(H,18,19). The van der Waals surface area contributed by atoms with E-state index in [0.717, 1.165) is 5.56 Å². The first-order chi connectivity index (χ1) is 10.2. The van der Waals surface area contributed by atoms with Crippen molar-refractivity contribution in [2.75, 3.05) is 6.79 Å². The van der Waals surface area contributed by atoms with E-state index in [1.807, 2.05) is 18.2 Å². The van der Waals surface area contributed by atoms with Crippen LogP contribution in [-0.4, -0.2) is 12.7 Å². The summed E-state index contributed by atoms with van der Waals surface area (Å²) in [6.07, 6.45) is 0. The van der Waals surface area contributed by atoms with Gasteiger partial charge in [-0.2, -0.15) is 0 Å². The number of nitrogens with one attached hydrogen (secondary N) is 1. The van der Waals surface area contributed by atoms with Crippen LogP contribution in [-0.2, 0) is 6.54 Å². The largest absolute Gasteiger partial charge is 0.454 e. The number of rotatable bonds is 3. The van der Waals surface area contributed by atoms with E-state index in [9.17, 15) is 4.79 Å². The van der Waals surface area contributed by atoms with Gasteiger partial charge in [-0.15, -0.1) is 0 Å². The molecule has 0 unspecified atom stereocenters. The van der Waals surface area contributed by atoms with E-state index in [1.165, 1.54) is 0 Å². The maximum Gasteiger partial charge on any atom is 0.253 e. The minimum absolute atomic E-state index is 0.206. The molecule has 108 valence electrons. The summed E-state index contributed by atoms with van der Waals surface area (Å²) in [6, 6.07) is 10.8. The maximum absolute atomic E-state index is 12.2. The second kappa shape index (κ2) is 5.95. The molecular formula is C15H11BrClNO3. The number of fused-ring (bicyclic) bond motifs is 1. The van der Waals surface area contributed by atoms with Crippen molar-refractivity contribution in [3.8, 4) is 11.5 Å². The molecule has 2 aromatic carbocycles. The summed E-state index contributed by atoms with van der Waals surface area (Å²) in [5, 5.41) is 3.23. The number of halogens is 2. The van der Waals surface area contributed by atoms with Crippen LogP contribution in [0.25, 0.3) is 0 Å². The van der Waals surface area contributed by atoms with Crippen LogP contribution in [0.2, 0.25) is 5.02 Å². The van der Waals surface area contributed by atoms with Crippen molar-refractivity contribution < 1.29 is 14.3 Å². The van der Waals surface area contributed by atoms with Crippen molar-refractivity contribution in [1.82, 2.24) is 5.32 Å². The molecule has 0 bridgehead atoms. The highest BCUT2D eigenvalue weighted by Gasteiger charge is 2.18. The smallest absolute Gasteiger partial charge is 0.253 e. The van der Waals surface area contributed by atoms with Gasteiger partial charge in [0, 0.05) is 16.6 Å². The molecule has 0 fully saturated rings. The minimum atomic E-state index is -0.238. The first-order valence-electron chi connectivity index (χ1n) is 6.26. The van der Waals surface area contributed by atoms with Gasteiger partial charge in [0.25, 0.3) is 5.91 Å². The van der Waals surface area contributed by atoms with Crippen molar-refractivity contribution >= 4 is 33.4 Å². The third-order valence-electron chi connectivity index (χ3n) is 3.11. The van der Waals surface area contributed by atoms with Crippen LogP contribution < -0.4 is 14.8 Å². The fourth-order valence-electron chi connectivity index (χ4n) is 2.08. The van der Waals surface area contributed by atoms with E-state index in [1.54, 1.807) is 18.2 Å². The Bertz CT molecular complexity index is 705. The molecule has 21 heavy (non-hydrogen) atoms. The van der Waals surface area contributed by atoms with Crippen LogP contribution in [0, 0.1) is 0 Å². The van der Waals surface area contributed by atoms with Gasteiger partial charge in [0.05, 0.1) is 10.6 Å².